The van der Waals surface area contributed by atoms with Gasteiger partial charge in [-0.1, -0.05) is 12.1 Å². The predicted octanol–water partition coefficient (Wildman–Crippen LogP) is 4.35. The van der Waals surface area contributed by atoms with E-state index in [9.17, 15) is 20.3 Å². The van der Waals surface area contributed by atoms with Crippen LogP contribution in [-0.2, 0) is 19.4 Å². The summed E-state index contributed by atoms with van der Waals surface area (Å²) < 4.78 is 10.8. The van der Waals surface area contributed by atoms with Crippen molar-refractivity contribution in [3.05, 3.63) is 74.8 Å². The molecule has 8 nitrogen and oxygen atoms in total. The number of non-ortho nitro benzene ring substituents is 1. The number of phenolic OH excluding ortho intramolecular Hbond substituents is 2. The average Bonchev–Trinajstić information content (AvgIpc) is 2.81. The number of aromatic hydroxyl groups is 2. The molecule has 1 atom stereocenters. The molecule has 0 amide bonds. The van der Waals surface area contributed by atoms with Crippen LogP contribution < -0.4 is 9.47 Å². The van der Waals surface area contributed by atoms with Gasteiger partial charge in [-0.15, -0.1) is 0 Å². The Hall–Kier alpha value is -3.78. The van der Waals surface area contributed by atoms with Gasteiger partial charge in [0, 0.05) is 36.8 Å². The van der Waals surface area contributed by atoms with Gasteiger partial charge in [0.2, 0.25) is 0 Å². The molecule has 0 spiro atoms. The summed E-state index contributed by atoms with van der Waals surface area (Å²) >= 11 is 0. The lowest BCUT2D eigenvalue weighted by molar-refractivity contribution is -0.384. The van der Waals surface area contributed by atoms with Gasteiger partial charge in [0.25, 0.3) is 5.69 Å². The van der Waals surface area contributed by atoms with Crippen LogP contribution in [0, 0.1) is 10.1 Å². The first-order chi connectivity index (χ1) is 15.9. The highest BCUT2D eigenvalue weighted by molar-refractivity contribution is 5.84. The highest BCUT2D eigenvalue weighted by Crippen LogP contribution is 2.53. The van der Waals surface area contributed by atoms with Crippen LogP contribution in [0.4, 0.5) is 5.69 Å². The molecule has 0 bridgehead atoms. The molecule has 170 valence electrons. The number of nitro groups is 1. The number of methoxy groups -OCH3 is 2. The molecule has 1 unspecified atom stereocenters. The summed E-state index contributed by atoms with van der Waals surface area (Å²) in [5.41, 5.74) is 5.68. The summed E-state index contributed by atoms with van der Waals surface area (Å²) in [5.74, 6) is 0.903. The molecule has 0 fully saturated rings. The van der Waals surface area contributed by atoms with E-state index in [0.717, 1.165) is 40.8 Å². The zero-order chi connectivity index (χ0) is 23.3. The van der Waals surface area contributed by atoms with Crippen molar-refractivity contribution in [3.63, 3.8) is 0 Å². The summed E-state index contributed by atoms with van der Waals surface area (Å²) in [4.78, 5) is 12.9. The molecular weight excluding hydrogens is 424 g/mol. The van der Waals surface area contributed by atoms with Crippen molar-refractivity contribution in [1.82, 2.24) is 4.90 Å². The maximum Gasteiger partial charge on any atom is 0.269 e. The standard InChI is InChI=1S/C25H24N2O6/c1-32-21-12-18-16(10-20(21)28)9-19-23-15(11-22(33-2)25(29)24(18)23)7-8-26(19)13-14-3-5-17(6-4-14)27(30)31/h3-6,10-12,19,28-29H,7-9,13H2,1-2H3. The van der Waals surface area contributed by atoms with Crippen LogP contribution in [0.15, 0.2) is 42.5 Å². The molecule has 0 aromatic heterocycles. The minimum absolute atomic E-state index is 0.0176. The number of rotatable bonds is 5. The van der Waals surface area contributed by atoms with Crippen molar-refractivity contribution >= 4 is 5.69 Å². The number of hydrogen-bond donors (Lipinski definition) is 2. The second-order valence-corrected chi connectivity index (χ2v) is 8.42. The zero-order valence-electron chi connectivity index (χ0n) is 18.4. The third-order valence-electron chi connectivity index (χ3n) is 6.67. The SMILES string of the molecule is COc1cc2c(cc1O)CC1c3c(cc(OC)c(O)c3-2)CCN1Cc1ccc([N+](=O)[O-])cc1. The highest BCUT2D eigenvalue weighted by Gasteiger charge is 2.37. The minimum atomic E-state index is -0.401. The number of nitro benzene ring substituents is 1. The molecule has 0 saturated heterocycles. The molecule has 0 radical (unpaired) electrons. The number of fused-ring (bicyclic) bond motifs is 2. The van der Waals surface area contributed by atoms with Gasteiger partial charge in [-0.3, -0.25) is 15.0 Å². The second kappa shape index (κ2) is 7.97. The van der Waals surface area contributed by atoms with E-state index in [0.29, 0.717) is 30.0 Å². The van der Waals surface area contributed by atoms with Gasteiger partial charge in [-0.05, 0) is 58.9 Å². The Labute approximate surface area is 190 Å². The van der Waals surface area contributed by atoms with Crippen LogP contribution in [0.3, 0.4) is 0 Å². The van der Waals surface area contributed by atoms with Crippen LogP contribution in [0.1, 0.15) is 28.3 Å². The summed E-state index contributed by atoms with van der Waals surface area (Å²) in [6.45, 7) is 1.41. The average molecular weight is 448 g/mol. The molecule has 5 rings (SSSR count). The first kappa shape index (κ1) is 21.1. The molecule has 1 aliphatic heterocycles. The summed E-state index contributed by atoms with van der Waals surface area (Å²) in [7, 11) is 3.04. The normalized spacial score (nSPS) is 16.6. The summed E-state index contributed by atoms with van der Waals surface area (Å²) in [5, 5.41) is 32.5. The van der Waals surface area contributed by atoms with E-state index < -0.39 is 4.92 Å². The largest absolute Gasteiger partial charge is 0.504 e. The maximum atomic E-state index is 11.1. The van der Waals surface area contributed by atoms with Crippen molar-refractivity contribution < 1.29 is 24.6 Å². The molecule has 2 aliphatic rings. The van der Waals surface area contributed by atoms with Crippen LogP contribution in [0.5, 0.6) is 23.0 Å². The Kier molecular flexibility index (Phi) is 5.09. The quantitative estimate of drug-likeness (QED) is 0.442. The number of ether oxygens (including phenoxy) is 2. The lowest BCUT2D eigenvalue weighted by atomic mass is 9.76. The minimum Gasteiger partial charge on any atom is -0.504 e. The number of phenols is 2. The lowest BCUT2D eigenvalue weighted by Crippen LogP contribution is -2.38. The molecule has 1 heterocycles. The van der Waals surface area contributed by atoms with Crippen molar-refractivity contribution in [2.24, 2.45) is 0 Å². The Morgan fingerprint density at radius 2 is 1.79 bits per heavy atom. The van der Waals surface area contributed by atoms with Crippen LogP contribution in [0.25, 0.3) is 11.1 Å². The lowest BCUT2D eigenvalue weighted by Gasteiger charge is -2.42. The van der Waals surface area contributed by atoms with Crippen molar-refractivity contribution in [2.45, 2.75) is 25.4 Å². The summed E-state index contributed by atoms with van der Waals surface area (Å²) in [6.07, 6.45) is 1.44. The molecule has 3 aromatic rings. The second-order valence-electron chi connectivity index (χ2n) is 8.42. The van der Waals surface area contributed by atoms with Gasteiger partial charge in [-0.2, -0.15) is 0 Å². The fourth-order valence-electron chi connectivity index (χ4n) is 5.10. The van der Waals surface area contributed by atoms with E-state index >= 15 is 0 Å². The van der Waals surface area contributed by atoms with Gasteiger partial charge in [0.15, 0.2) is 23.0 Å². The first-order valence-corrected chi connectivity index (χ1v) is 10.7. The zero-order valence-corrected chi connectivity index (χ0v) is 18.4. The third-order valence-corrected chi connectivity index (χ3v) is 6.67. The number of hydrogen-bond acceptors (Lipinski definition) is 7. The molecule has 3 aromatic carbocycles. The first-order valence-electron chi connectivity index (χ1n) is 10.7. The Balaban J connectivity index is 1.61. The van der Waals surface area contributed by atoms with Gasteiger partial charge in [0.05, 0.1) is 19.1 Å². The van der Waals surface area contributed by atoms with Crippen molar-refractivity contribution in [2.75, 3.05) is 20.8 Å². The molecular formula is C25H24N2O6. The van der Waals surface area contributed by atoms with E-state index in [-0.39, 0.29) is 23.2 Å². The fraction of sp³-hybridized carbons (Fsp3) is 0.280. The van der Waals surface area contributed by atoms with E-state index in [1.165, 1.54) is 26.4 Å². The summed E-state index contributed by atoms with van der Waals surface area (Å²) in [6, 6.07) is 12.0. The van der Waals surface area contributed by atoms with Crippen LogP contribution in [-0.4, -0.2) is 40.8 Å². The van der Waals surface area contributed by atoms with E-state index in [2.05, 4.69) is 4.90 Å². The van der Waals surface area contributed by atoms with Crippen molar-refractivity contribution in [1.29, 1.82) is 0 Å². The van der Waals surface area contributed by atoms with E-state index in [4.69, 9.17) is 9.47 Å². The van der Waals surface area contributed by atoms with Crippen LogP contribution in [0.2, 0.25) is 0 Å². The van der Waals surface area contributed by atoms with Gasteiger partial charge in [0.1, 0.15) is 0 Å². The fourth-order valence-corrected chi connectivity index (χ4v) is 5.10. The molecule has 1 aliphatic carbocycles. The Morgan fingerprint density at radius 1 is 1.06 bits per heavy atom. The third kappa shape index (κ3) is 3.43. The highest BCUT2D eigenvalue weighted by atomic mass is 16.6. The smallest absolute Gasteiger partial charge is 0.269 e. The monoisotopic (exact) mass is 448 g/mol. The predicted molar refractivity (Wildman–Crippen MR) is 122 cm³/mol. The van der Waals surface area contributed by atoms with E-state index in [1.807, 2.05) is 6.07 Å². The van der Waals surface area contributed by atoms with Gasteiger partial charge in [-0.25, -0.2) is 0 Å². The van der Waals surface area contributed by atoms with Crippen LogP contribution >= 0.6 is 0 Å². The molecule has 8 heteroatoms. The van der Waals surface area contributed by atoms with Crippen molar-refractivity contribution in [3.8, 4) is 34.1 Å². The number of nitrogens with zero attached hydrogens (tertiary/aromatic N) is 2. The van der Waals surface area contributed by atoms with Gasteiger partial charge < -0.3 is 19.7 Å². The number of benzene rings is 3. The van der Waals surface area contributed by atoms with Gasteiger partial charge >= 0.3 is 0 Å². The molecule has 33 heavy (non-hydrogen) atoms. The Bertz CT molecular complexity index is 1250. The molecule has 0 saturated carbocycles. The topological polar surface area (TPSA) is 105 Å². The molecule has 2 N–H and O–H groups in total. The Morgan fingerprint density at radius 3 is 2.45 bits per heavy atom. The van der Waals surface area contributed by atoms with E-state index in [1.54, 1.807) is 24.3 Å². The maximum absolute atomic E-state index is 11.1.